The number of anilines is 2. The fourth-order valence-electron chi connectivity index (χ4n) is 2.36. The number of hydrogen-bond acceptors (Lipinski definition) is 6. The molecule has 1 aliphatic rings. The average molecular weight is 343 g/mol. The van der Waals surface area contributed by atoms with Gasteiger partial charge in [-0.25, -0.2) is 4.90 Å². The Morgan fingerprint density at radius 1 is 1.17 bits per heavy atom. The van der Waals surface area contributed by atoms with Crippen molar-refractivity contribution >= 4 is 40.0 Å². The number of rotatable bonds is 4. The zero-order valence-electron chi connectivity index (χ0n) is 12.6. The number of nitro groups is 1. The third kappa shape index (κ3) is 3.09. The van der Waals surface area contributed by atoms with Crippen LogP contribution in [0.4, 0.5) is 21.9 Å². The van der Waals surface area contributed by atoms with Gasteiger partial charge in [0.2, 0.25) is 0 Å². The van der Waals surface area contributed by atoms with E-state index < -0.39 is 16.2 Å². The maximum absolute atomic E-state index is 12.5. The fraction of sp³-hybridized carbons (Fsp3) is 0.125. The van der Waals surface area contributed by atoms with Crippen LogP contribution in [0.5, 0.6) is 0 Å². The molecule has 3 rings (SSSR count). The summed E-state index contributed by atoms with van der Waals surface area (Å²) in [6.07, 6.45) is 0. The molecule has 0 spiro atoms. The monoisotopic (exact) mass is 343 g/mol. The zero-order valence-corrected chi connectivity index (χ0v) is 13.4. The van der Waals surface area contributed by atoms with Crippen LogP contribution in [-0.2, 0) is 4.79 Å². The van der Waals surface area contributed by atoms with Gasteiger partial charge in [-0.05, 0) is 42.4 Å². The summed E-state index contributed by atoms with van der Waals surface area (Å²) < 4.78 is 0. The van der Waals surface area contributed by atoms with Crippen LogP contribution < -0.4 is 10.2 Å². The van der Waals surface area contributed by atoms with Crippen molar-refractivity contribution in [1.29, 1.82) is 0 Å². The van der Waals surface area contributed by atoms with Crippen LogP contribution in [0.1, 0.15) is 5.56 Å². The molecule has 0 saturated carbocycles. The van der Waals surface area contributed by atoms with Gasteiger partial charge in [0.05, 0.1) is 10.6 Å². The van der Waals surface area contributed by atoms with Crippen molar-refractivity contribution in [3.8, 4) is 0 Å². The molecule has 8 heteroatoms. The molecule has 1 atom stereocenters. The molecule has 2 aromatic carbocycles. The SMILES string of the molecule is Cc1cccc(N2C(=O)S[C@H](Nc3cccc([N+](=O)[O-])c3)C2=O)c1. The second kappa shape index (κ2) is 6.32. The highest BCUT2D eigenvalue weighted by Crippen LogP contribution is 2.33. The summed E-state index contributed by atoms with van der Waals surface area (Å²) in [5.74, 6) is -0.401. The molecule has 2 amide bonds. The third-order valence-electron chi connectivity index (χ3n) is 3.46. The Morgan fingerprint density at radius 3 is 2.62 bits per heavy atom. The molecule has 0 aromatic heterocycles. The predicted octanol–water partition coefficient (Wildman–Crippen LogP) is 3.54. The second-order valence-corrected chi connectivity index (χ2v) is 6.28. The van der Waals surface area contributed by atoms with Crippen molar-refractivity contribution in [1.82, 2.24) is 0 Å². The molecular weight excluding hydrogens is 330 g/mol. The highest BCUT2D eigenvalue weighted by atomic mass is 32.2. The Kier molecular flexibility index (Phi) is 4.22. The Hall–Kier alpha value is -2.87. The maximum atomic E-state index is 12.5. The van der Waals surface area contributed by atoms with Crippen LogP contribution >= 0.6 is 11.8 Å². The standard InChI is InChI=1S/C16H13N3O4S/c1-10-4-2-6-12(8-10)18-15(20)14(24-16(18)21)17-11-5-3-7-13(9-11)19(22)23/h2-9,14,17H,1H3/t14-/m0/s1. The van der Waals surface area contributed by atoms with E-state index in [1.165, 1.54) is 18.2 Å². The minimum Gasteiger partial charge on any atom is -0.365 e. The summed E-state index contributed by atoms with van der Waals surface area (Å²) >= 11 is 0.848. The van der Waals surface area contributed by atoms with Gasteiger partial charge in [-0.2, -0.15) is 0 Å². The van der Waals surface area contributed by atoms with E-state index in [1.807, 2.05) is 13.0 Å². The summed E-state index contributed by atoms with van der Waals surface area (Å²) in [7, 11) is 0. The molecule has 1 fully saturated rings. The van der Waals surface area contributed by atoms with Gasteiger partial charge in [-0.3, -0.25) is 19.7 Å². The Labute approximate surface area is 141 Å². The average Bonchev–Trinajstić information content (AvgIpc) is 2.81. The lowest BCUT2D eigenvalue weighted by Crippen LogP contribution is -2.34. The fourth-order valence-corrected chi connectivity index (χ4v) is 3.27. The Balaban J connectivity index is 1.82. The quantitative estimate of drug-likeness (QED) is 0.674. The molecule has 1 heterocycles. The van der Waals surface area contributed by atoms with Crippen LogP contribution in [0.25, 0.3) is 0 Å². The van der Waals surface area contributed by atoms with Gasteiger partial charge < -0.3 is 5.32 Å². The lowest BCUT2D eigenvalue weighted by atomic mass is 10.2. The van der Waals surface area contributed by atoms with E-state index in [9.17, 15) is 19.7 Å². The highest BCUT2D eigenvalue weighted by Gasteiger charge is 2.40. The number of aryl methyl sites for hydroxylation is 1. The van der Waals surface area contributed by atoms with Crippen LogP contribution in [0, 0.1) is 17.0 Å². The molecule has 7 nitrogen and oxygen atoms in total. The molecule has 0 bridgehead atoms. The van der Waals surface area contributed by atoms with E-state index in [-0.39, 0.29) is 10.9 Å². The largest absolute Gasteiger partial charge is 0.365 e. The molecule has 2 aromatic rings. The number of carbonyl (C=O) groups is 2. The first kappa shape index (κ1) is 16.0. The van der Waals surface area contributed by atoms with Crippen molar-refractivity contribution in [2.24, 2.45) is 0 Å². The topological polar surface area (TPSA) is 92.6 Å². The number of carbonyl (C=O) groups excluding carboxylic acids is 2. The molecular formula is C16H13N3O4S. The number of non-ortho nitro benzene ring substituents is 1. The number of amides is 2. The number of nitrogens with one attached hydrogen (secondary N) is 1. The van der Waals surface area contributed by atoms with E-state index >= 15 is 0 Å². The number of thioether (sulfide) groups is 1. The third-order valence-corrected chi connectivity index (χ3v) is 4.40. The summed E-state index contributed by atoms with van der Waals surface area (Å²) in [5.41, 5.74) is 1.78. The zero-order chi connectivity index (χ0) is 17.3. The normalized spacial score (nSPS) is 17.2. The molecule has 1 aliphatic heterocycles. The number of hydrogen-bond donors (Lipinski definition) is 1. The van der Waals surface area contributed by atoms with E-state index in [4.69, 9.17) is 0 Å². The first-order valence-electron chi connectivity index (χ1n) is 7.08. The van der Waals surface area contributed by atoms with Crippen molar-refractivity contribution in [2.45, 2.75) is 12.3 Å². The van der Waals surface area contributed by atoms with Gasteiger partial charge in [0.15, 0.2) is 5.37 Å². The van der Waals surface area contributed by atoms with Gasteiger partial charge in [0.25, 0.3) is 16.8 Å². The van der Waals surface area contributed by atoms with Crippen LogP contribution in [0.15, 0.2) is 48.5 Å². The number of imide groups is 1. The van der Waals surface area contributed by atoms with Crippen molar-refractivity contribution in [3.63, 3.8) is 0 Å². The van der Waals surface area contributed by atoms with Gasteiger partial charge in [0, 0.05) is 17.8 Å². The van der Waals surface area contributed by atoms with E-state index in [0.717, 1.165) is 22.2 Å². The summed E-state index contributed by atoms with van der Waals surface area (Å²) in [6.45, 7) is 1.88. The minimum atomic E-state index is -0.819. The highest BCUT2D eigenvalue weighted by molar-refractivity contribution is 8.16. The van der Waals surface area contributed by atoms with Crippen molar-refractivity contribution in [3.05, 3.63) is 64.2 Å². The minimum absolute atomic E-state index is 0.0858. The number of benzene rings is 2. The van der Waals surface area contributed by atoms with Crippen molar-refractivity contribution < 1.29 is 14.5 Å². The number of nitrogens with zero attached hydrogens (tertiary/aromatic N) is 2. The van der Waals surface area contributed by atoms with E-state index in [1.54, 1.807) is 24.3 Å². The lowest BCUT2D eigenvalue weighted by molar-refractivity contribution is -0.384. The summed E-state index contributed by atoms with van der Waals surface area (Å²) in [5, 5.41) is 12.5. The Bertz CT molecular complexity index is 840. The van der Waals surface area contributed by atoms with E-state index in [2.05, 4.69) is 5.32 Å². The molecule has 0 radical (unpaired) electrons. The first-order valence-corrected chi connectivity index (χ1v) is 7.96. The maximum Gasteiger partial charge on any atom is 0.295 e. The Morgan fingerprint density at radius 2 is 1.92 bits per heavy atom. The molecule has 0 unspecified atom stereocenters. The molecule has 122 valence electrons. The van der Waals surface area contributed by atoms with Crippen LogP contribution in [-0.4, -0.2) is 21.4 Å². The van der Waals surface area contributed by atoms with Crippen molar-refractivity contribution in [2.75, 3.05) is 10.2 Å². The van der Waals surface area contributed by atoms with E-state index in [0.29, 0.717) is 11.4 Å². The molecule has 1 saturated heterocycles. The summed E-state index contributed by atoms with van der Waals surface area (Å²) in [4.78, 5) is 36.2. The summed E-state index contributed by atoms with van der Waals surface area (Å²) in [6, 6.07) is 12.9. The second-order valence-electron chi connectivity index (χ2n) is 5.23. The first-order chi connectivity index (χ1) is 11.5. The van der Waals surface area contributed by atoms with Crippen LogP contribution in [0.3, 0.4) is 0 Å². The smallest absolute Gasteiger partial charge is 0.295 e. The molecule has 1 N–H and O–H groups in total. The van der Waals surface area contributed by atoms with Gasteiger partial charge in [-0.1, -0.05) is 18.2 Å². The molecule has 0 aliphatic carbocycles. The van der Waals surface area contributed by atoms with Gasteiger partial charge >= 0.3 is 0 Å². The molecule has 24 heavy (non-hydrogen) atoms. The predicted molar refractivity (Wildman–Crippen MR) is 92.2 cm³/mol. The lowest BCUT2D eigenvalue weighted by Gasteiger charge is -2.15. The van der Waals surface area contributed by atoms with Gasteiger partial charge in [-0.15, -0.1) is 0 Å². The van der Waals surface area contributed by atoms with Gasteiger partial charge in [0.1, 0.15) is 0 Å². The van der Waals surface area contributed by atoms with Crippen LogP contribution in [0.2, 0.25) is 0 Å². The number of nitro benzene ring substituents is 1.